The van der Waals surface area contributed by atoms with Gasteiger partial charge in [0.2, 0.25) is 0 Å². The highest BCUT2D eigenvalue weighted by molar-refractivity contribution is 6.31. The third kappa shape index (κ3) is 3.20. The van der Waals surface area contributed by atoms with Crippen molar-refractivity contribution in [1.82, 2.24) is 0 Å². The molecule has 2 aromatic carbocycles. The molecule has 1 atom stereocenters. The lowest BCUT2D eigenvalue weighted by Gasteiger charge is -2.13. The predicted octanol–water partition coefficient (Wildman–Crippen LogP) is 4.08. The van der Waals surface area contributed by atoms with Gasteiger partial charge in [-0.15, -0.1) is 0 Å². The van der Waals surface area contributed by atoms with E-state index in [1.807, 2.05) is 12.1 Å². The standard InChI is InChI=1S/C17H16ClFO2/c18-15-10-13(19)3-4-14(15)16(20)5-1-11-2-6-17-12(9-11)7-8-21-17/h2-4,6,9-10,16,20H,1,5,7-8H2. The molecule has 0 fully saturated rings. The highest BCUT2D eigenvalue weighted by atomic mass is 35.5. The van der Waals surface area contributed by atoms with Gasteiger partial charge in [0.1, 0.15) is 11.6 Å². The molecule has 3 rings (SSSR count). The van der Waals surface area contributed by atoms with E-state index < -0.39 is 11.9 Å². The SMILES string of the molecule is OC(CCc1ccc2c(c1)CCO2)c1ccc(F)cc1Cl. The topological polar surface area (TPSA) is 29.5 Å². The van der Waals surface area contributed by atoms with Gasteiger partial charge in [0.15, 0.2) is 0 Å². The van der Waals surface area contributed by atoms with Crippen LogP contribution in [0.3, 0.4) is 0 Å². The average Bonchev–Trinajstić information content (AvgIpc) is 2.92. The van der Waals surface area contributed by atoms with Gasteiger partial charge in [-0.3, -0.25) is 0 Å². The van der Waals surface area contributed by atoms with Crippen LogP contribution in [0.2, 0.25) is 5.02 Å². The first kappa shape index (κ1) is 14.4. The second-order valence-electron chi connectivity index (χ2n) is 5.26. The molecule has 0 amide bonds. The van der Waals surface area contributed by atoms with Gasteiger partial charge in [-0.2, -0.15) is 0 Å². The lowest BCUT2D eigenvalue weighted by Crippen LogP contribution is -2.01. The molecule has 1 N–H and O–H groups in total. The summed E-state index contributed by atoms with van der Waals surface area (Å²) in [6.45, 7) is 0.743. The van der Waals surface area contributed by atoms with Gasteiger partial charge >= 0.3 is 0 Å². The second kappa shape index (κ2) is 6.04. The Labute approximate surface area is 128 Å². The van der Waals surface area contributed by atoms with Gasteiger partial charge in [0.25, 0.3) is 0 Å². The minimum atomic E-state index is -0.692. The normalized spacial score (nSPS) is 14.6. The number of halogens is 2. The van der Waals surface area contributed by atoms with Gasteiger partial charge in [-0.05, 0) is 47.7 Å². The van der Waals surface area contributed by atoms with Crippen LogP contribution in [0.4, 0.5) is 4.39 Å². The zero-order valence-electron chi connectivity index (χ0n) is 11.5. The maximum Gasteiger partial charge on any atom is 0.124 e. The highest BCUT2D eigenvalue weighted by Crippen LogP contribution is 2.29. The molecule has 21 heavy (non-hydrogen) atoms. The van der Waals surface area contributed by atoms with Crippen LogP contribution in [0.15, 0.2) is 36.4 Å². The molecule has 0 saturated heterocycles. The van der Waals surface area contributed by atoms with E-state index >= 15 is 0 Å². The summed E-state index contributed by atoms with van der Waals surface area (Å²) in [7, 11) is 0. The van der Waals surface area contributed by atoms with E-state index in [0.717, 1.165) is 30.8 Å². The molecule has 1 heterocycles. The Morgan fingerprint density at radius 1 is 1.24 bits per heavy atom. The molecule has 0 spiro atoms. The van der Waals surface area contributed by atoms with E-state index in [9.17, 15) is 9.50 Å². The smallest absolute Gasteiger partial charge is 0.124 e. The zero-order valence-corrected chi connectivity index (χ0v) is 12.2. The first-order chi connectivity index (χ1) is 10.1. The number of hydrogen-bond donors (Lipinski definition) is 1. The summed E-state index contributed by atoms with van der Waals surface area (Å²) < 4.78 is 18.5. The Kier molecular flexibility index (Phi) is 4.13. The highest BCUT2D eigenvalue weighted by Gasteiger charge is 2.15. The monoisotopic (exact) mass is 306 g/mol. The molecule has 0 bridgehead atoms. The molecule has 0 saturated carbocycles. The number of aryl methyl sites for hydroxylation is 1. The number of fused-ring (bicyclic) bond motifs is 1. The molecule has 1 aliphatic rings. The molecular formula is C17H16ClFO2. The minimum absolute atomic E-state index is 0.268. The van der Waals surface area contributed by atoms with Crippen LogP contribution < -0.4 is 4.74 Å². The van der Waals surface area contributed by atoms with Crippen molar-refractivity contribution in [1.29, 1.82) is 0 Å². The van der Waals surface area contributed by atoms with E-state index in [1.54, 1.807) is 6.07 Å². The molecule has 0 aromatic heterocycles. The first-order valence-electron chi connectivity index (χ1n) is 7.01. The molecule has 0 aliphatic carbocycles. The summed E-state index contributed by atoms with van der Waals surface area (Å²) in [6.07, 6.45) is 1.53. The van der Waals surface area contributed by atoms with Crippen molar-refractivity contribution in [3.63, 3.8) is 0 Å². The van der Waals surface area contributed by atoms with E-state index in [4.69, 9.17) is 16.3 Å². The maximum atomic E-state index is 13.0. The van der Waals surface area contributed by atoms with Crippen LogP contribution in [-0.2, 0) is 12.8 Å². The van der Waals surface area contributed by atoms with E-state index in [-0.39, 0.29) is 5.02 Å². The van der Waals surface area contributed by atoms with E-state index in [1.165, 1.54) is 17.7 Å². The molecule has 2 aromatic rings. The maximum absolute atomic E-state index is 13.0. The van der Waals surface area contributed by atoms with E-state index in [2.05, 4.69) is 6.07 Å². The molecule has 0 radical (unpaired) electrons. The summed E-state index contributed by atoms with van der Waals surface area (Å²) in [5.74, 6) is 0.565. The molecule has 110 valence electrons. The first-order valence-corrected chi connectivity index (χ1v) is 7.39. The van der Waals surface area contributed by atoms with Crippen molar-refractivity contribution >= 4 is 11.6 Å². The Morgan fingerprint density at radius 3 is 2.90 bits per heavy atom. The van der Waals surface area contributed by atoms with Crippen LogP contribution in [0.1, 0.15) is 29.2 Å². The fourth-order valence-corrected chi connectivity index (χ4v) is 2.92. The quantitative estimate of drug-likeness (QED) is 0.922. The Morgan fingerprint density at radius 2 is 2.10 bits per heavy atom. The predicted molar refractivity (Wildman–Crippen MR) is 80.3 cm³/mol. The van der Waals surface area contributed by atoms with Crippen LogP contribution >= 0.6 is 11.6 Å². The van der Waals surface area contributed by atoms with Crippen LogP contribution in [0.5, 0.6) is 5.75 Å². The summed E-state index contributed by atoms with van der Waals surface area (Å²) in [6, 6.07) is 10.2. The molecule has 4 heteroatoms. The summed E-state index contributed by atoms with van der Waals surface area (Å²) >= 11 is 5.97. The summed E-state index contributed by atoms with van der Waals surface area (Å²) in [5.41, 5.74) is 2.96. The largest absolute Gasteiger partial charge is 0.493 e. The fraction of sp³-hybridized carbons (Fsp3) is 0.294. The second-order valence-corrected chi connectivity index (χ2v) is 5.67. The number of hydrogen-bond acceptors (Lipinski definition) is 2. The number of rotatable bonds is 4. The third-order valence-electron chi connectivity index (χ3n) is 3.78. The zero-order chi connectivity index (χ0) is 14.8. The van der Waals surface area contributed by atoms with Gasteiger partial charge in [-0.1, -0.05) is 29.8 Å². The Bertz CT molecular complexity index is 657. The van der Waals surface area contributed by atoms with Crippen molar-refractivity contribution in [2.75, 3.05) is 6.61 Å². The summed E-state index contributed by atoms with van der Waals surface area (Å²) in [5, 5.41) is 10.5. The Balaban J connectivity index is 1.67. The van der Waals surface area contributed by atoms with Gasteiger partial charge in [0.05, 0.1) is 12.7 Å². The van der Waals surface area contributed by atoms with Gasteiger partial charge < -0.3 is 9.84 Å². The van der Waals surface area contributed by atoms with Crippen LogP contribution in [0.25, 0.3) is 0 Å². The summed E-state index contributed by atoms with van der Waals surface area (Å²) in [4.78, 5) is 0. The fourth-order valence-electron chi connectivity index (χ4n) is 2.63. The van der Waals surface area contributed by atoms with Gasteiger partial charge in [0, 0.05) is 11.4 Å². The molecular weight excluding hydrogens is 291 g/mol. The average molecular weight is 307 g/mol. The molecule has 2 nitrogen and oxygen atoms in total. The number of aliphatic hydroxyl groups excluding tert-OH is 1. The van der Waals surface area contributed by atoms with Crippen molar-refractivity contribution in [2.24, 2.45) is 0 Å². The molecule has 1 aliphatic heterocycles. The van der Waals surface area contributed by atoms with Crippen molar-refractivity contribution in [3.05, 3.63) is 63.9 Å². The van der Waals surface area contributed by atoms with Crippen LogP contribution in [0, 0.1) is 5.82 Å². The van der Waals surface area contributed by atoms with Crippen molar-refractivity contribution < 1.29 is 14.2 Å². The lowest BCUT2D eigenvalue weighted by atomic mass is 9.99. The van der Waals surface area contributed by atoms with Crippen LogP contribution in [-0.4, -0.2) is 11.7 Å². The lowest BCUT2D eigenvalue weighted by molar-refractivity contribution is 0.168. The number of benzene rings is 2. The number of ether oxygens (including phenoxy) is 1. The third-order valence-corrected chi connectivity index (χ3v) is 4.11. The Hall–Kier alpha value is -1.58. The van der Waals surface area contributed by atoms with E-state index in [0.29, 0.717) is 12.0 Å². The minimum Gasteiger partial charge on any atom is -0.493 e. The van der Waals surface area contributed by atoms with Crippen molar-refractivity contribution in [2.45, 2.75) is 25.4 Å². The van der Waals surface area contributed by atoms with Gasteiger partial charge in [-0.25, -0.2) is 4.39 Å². The number of aliphatic hydroxyl groups is 1. The van der Waals surface area contributed by atoms with Crippen molar-refractivity contribution in [3.8, 4) is 5.75 Å². The molecule has 1 unspecified atom stereocenters.